The minimum atomic E-state index is -4.42. The third-order valence-electron chi connectivity index (χ3n) is 4.67. The number of thiazole rings is 1. The fraction of sp³-hybridized carbons (Fsp3) is 0.450. The summed E-state index contributed by atoms with van der Waals surface area (Å²) in [5.41, 5.74) is 1.57. The molecule has 6 nitrogen and oxygen atoms in total. The van der Waals surface area contributed by atoms with E-state index in [-0.39, 0.29) is 12.5 Å². The third-order valence-corrected chi connectivity index (χ3v) is 5.58. The topological polar surface area (TPSA) is 69.6 Å². The van der Waals surface area contributed by atoms with Crippen LogP contribution in [0.1, 0.15) is 28.8 Å². The molecule has 0 saturated heterocycles. The van der Waals surface area contributed by atoms with Gasteiger partial charge in [-0.3, -0.25) is 4.79 Å². The summed E-state index contributed by atoms with van der Waals surface area (Å²) in [6.07, 6.45) is -3.26. The van der Waals surface area contributed by atoms with Crippen molar-refractivity contribution in [1.29, 1.82) is 0 Å². The summed E-state index contributed by atoms with van der Waals surface area (Å²) in [6, 6.07) is 8.10. The van der Waals surface area contributed by atoms with Crippen molar-refractivity contribution in [3.63, 3.8) is 0 Å². The summed E-state index contributed by atoms with van der Waals surface area (Å²) in [6.45, 7) is 4.12. The Morgan fingerprint density at radius 3 is 2.73 bits per heavy atom. The molecule has 0 radical (unpaired) electrons. The summed E-state index contributed by atoms with van der Waals surface area (Å²) in [7, 11) is 0. The van der Waals surface area contributed by atoms with Gasteiger partial charge in [-0.2, -0.15) is 13.2 Å². The molecule has 1 aliphatic heterocycles. The van der Waals surface area contributed by atoms with Gasteiger partial charge in [0.2, 0.25) is 5.91 Å². The number of fused-ring (bicyclic) bond motifs is 1. The zero-order valence-corrected chi connectivity index (χ0v) is 17.4. The molecular weight excluding hydrogens is 415 g/mol. The van der Waals surface area contributed by atoms with Gasteiger partial charge in [0.05, 0.1) is 5.01 Å². The maximum atomic E-state index is 12.6. The lowest BCUT2D eigenvalue weighted by atomic mass is 10.00. The highest BCUT2D eigenvalue weighted by atomic mass is 32.1. The van der Waals surface area contributed by atoms with Crippen molar-refractivity contribution >= 4 is 23.2 Å². The van der Waals surface area contributed by atoms with Crippen LogP contribution in [0.4, 0.5) is 13.2 Å². The van der Waals surface area contributed by atoms with E-state index >= 15 is 0 Å². The molecule has 1 aromatic heterocycles. The molecule has 30 heavy (non-hydrogen) atoms. The molecule has 0 fully saturated rings. The van der Waals surface area contributed by atoms with Crippen LogP contribution in [-0.2, 0) is 30.4 Å². The van der Waals surface area contributed by atoms with Gasteiger partial charge in [0.15, 0.2) is 11.7 Å². The van der Waals surface area contributed by atoms with Gasteiger partial charge in [0.1, 0.15) is 6.54 Å². The number of aliphatic imine (C=N–C) groups is 1. The summed E-state index contributed by atoms with van der Waals surface area (Å²) in [5, 5.41) is 7.50. The van der Waals surface area contributed by atoms with Gasteiger partial charge in [0, 0.05) is 38.0 Å². The Hall–Kier alpha value is -2.62. The SMILES string of the molecule is CCNC(=NCC(=O)N1CCc2ccccc2C1)NCCc1nc(C(F)(F)F)cs1. The largest absolute Gasteiger partial charge is 0.434 e. The van der Waals surface area contributed by atoms with E-state index in [1.807, 2.05) is 25.1 Å². The molecule has 0 aliphatic carbocycles. The zero-order chi connectivity index (χ0) is 21.6. The molecule has 0 spiro atoms. The van der Waals surface area contributed by atoms with Gasteiger partial charge in [-0.15, -0.1) is 11.3 Å². The lowest BCUT2D eigenvalue weighted by molar-refractivity contribution is -0.140. The highest BCUT2D eigenvalue weighted by Gasteiger charge is 2.33. The van der Waals surface area contributed by atoms with E-state index in [1.54, 1.807) is 4.90 Å². The highest BCUT2D eigenvalue weighted by molar-refractivity contribution is 7.09. The number of rotatable bonds is 6. The van der Waals surface area contributed by atoms with Crippen LogP contribution >= 0.6 is 11.3 Å². The van der Waals surface area contributed by atoms with Crippen LogP contribution in [0.5, 0.6) is 0 Å². The molecule has 2 aromatic rings. The van der Waals surface area contributed by atoms with E-state index in [1.165, 1.54) is 5.56 Å². The van der Waals surface area contributed by atoms with Crippen molar-refractivity contribution in [2.75, 3.05) is 26.2 Å². The van der Waals surface area contributed by atoms with Gasteiger partial charge in [0.25, 0.3) is 0 Å². The lowest BCUT2D eigenvalue weighted by Crippen LogP contribution is -2.41. The highest BCUT2D eigenvalue weighted by Crippen LogP contribution is 2.30. The lowest BCUT2D eigenvalue weighted by Gasteiger charge is -2.28. The molecule has 2 N–H and O–H groups in total. The molecule has 0 saturated carbocycles. The number of carbonyl (C=O) groups excluding carboxylic acids is 1. The summed E-state index contributed by atoms with van der Waals surface area (Å²) < 4.78 is 37.9. The number of amides is 1. The Labute approximate surface area is 177 Å². The molecule has 2 heterocycles. The van der Waals surface area contributed by atoms with Gasteiger partial charge < -0.3 is 15.5 Å². The van der Waals surface area contributed by atoms with Crippen molar-refractivity contribution in [1.82, 2.24) is 20.5 Å². The van der Waals surface area contributed by atoms with E-state index < -0.39 is 11.9 Å². The van der Waals surface area contributed by atoms with Crippen LogP contribution in [0, 0.1) is 0 Å². The summed E-state index contributed by atoms with van der Waals surface area (Å²) in [4.78, 5) is 22.3. The van der Waals surface area contributed by atoms with Crippen molar-refractivity contribution < 1.29 is 18.0 Å². The van der Waals surface area contributed by atoms with Crippen LogP contribution in [0.2, 0.25) is 0 Å². The first-order valence-electron chi connectivity index (χ1n) is 9.75. The number of nitrogens with zero attached hydrogens (tertiary/aromatic N) is 3. The maximum absolute atomic E-state index is 12.6. The van der Waals surface area contributed by atoms with Crippen molar-refractivity contribution in [3.8, 4) is 0 Å². The fourth-order valence-electron chi connectivity index (χ4n) is 3.14. The number of alkyl halides is 3. The van der Waals surface area contributed by atoms with E-state index in [0.717, 1.165) is 28.7 Å². The van der Waals surface area contributed by atoms with E-state index in [2.05, 4.69) is 26.7 Å². The average Bonchev–Trinajstić information content (AvgIpc) is 3.21. The maximum Gasteiger partial charge on any atom is 0.434 e. The predicted molar refractivity (Wildman–Crippen MR) is 110 cm³/mol. The first-order valence-corrected chi connectivity index (χ1v) is 10.6. The Bertz CT molecular complexity index is 897. The summed E-state index contributed by atoms with van der Waals surface area (Å²) in [5.74, 6) is 0.396. The minimum Gasteiger partial charge on any atom is -0.357 e. The van der Waals surface area contributed by atoms with Gasteiger partial charge >= 0.3 is 6.18 Å². The van der Waals surface area contributed by atoms with E-state index in [0.29, 0.717) is 43.6 Å². The molecular formula is C20H24F3N5OS. The Kier molecular flexibility index (Phi) is 7.30. The molecule has 1 aromatic carbocycles. The Balaban J connectivity index is 1.50. The van der Waals surface area contributed by atoms with E-state index in [4.69, 9.17) is 0 Å². The van der Waals surface area contributed by atoms with Crippen LogP contribution in [0.15, 0.2) is 34.6 Å². The second-order valence-corrected chi connectivity index (χ2v) is 7.77. The minimum absolute atomic E-state index is 0.00692. The molecule has 0 bridgehead atoms. The molecule has 0 atom stereocenters. The van der Waals surface area contributed by atoms with Crippen molar-refractivity contribution in [2.45, 2.75) is 32.5 Å². The van der Waals surface area contributed by atoms with Crippen LogP contribution in [0.3, 0.4) is 0 Å². The average molecular weight is 440 g/mol. The normalized spacial score (nSPS) is 14.4. The standard InChI is InChI=1S/C20H24F3N5OS/c1-2-24-19(25-9-7-17-27-16(13-30-17)20(21,22)23)26-11-18(29)28-10-8-14-5-3-4-6-15(14)12-28/h3-6,13H,2,7-12H2,1H3,(H2,24,25,26). The van der Waals surface area contributed by atoms with Gasteiger partial charge in [-0.1, -0.05) is 24.3 Å². The van der Waals surface area contributed by atoms with Crippen LogP contribution in [0.25, 0.3) is 0 Å². The van der Waals surface area contributed by atoms with Crippen molar-refractivity contribution in [3.05, 3.63) is 51.5 Å². The molecule has 0 unspecified atom stereocenters. The number of aromatic nitrogens is 1. The Morgan fingerprint density at radius 2 is 2.03 bits per heavy atom. The van der Waals surface area contributed by atoms with E-state index in [9.17, 15) is 18.0 Å². The first kappa shape index (κ1) is 22.1. The molecule has 162 valence electrons. The van der Waals surface area contributed by atoms with Crippen molar-refractivity contribution in [2.24, 2.45) is 4.99 Å². The number of guanidine groups is 1. The molecule has 3 rings (SSSR count). The predicted octanol–water partition coefficient (Wildman–Crippen LogP) is 2.84. The molecule has 1 aliphatic rings. The summed E-state index contributed by atoms with van der Waals surface area (Å²) >= 11 is 0.981. The zero-order valence-electron chi connectivity index (χ0n) is 16.6. The smallest absolute Gasteiger partial charge is 0.357 e. The second kappa shape index (κ2) is 9.92. The van der Waals surface area contributed by atoms with Gasteiger partial charge in [-0.25, -0.2) is 9.98 Å². The second-order valence-electron chi connectivity index (χ2n) is 6.83. The number of hydrogen-bond acceptors (Lipinski definition) is 4. The number of nitrogens with one attached hydrogen (secondary N) is 2. The van der Waals surface area contributed by atoms with Crippen LogP contribution in [-0.4, -0.2) is 47.9 Å². The first-order chi connectivity index (χ1) is 14.4. The monoisotopic (exact) mass is 439 g/mol. The third kappa shape index (κ3) is 5.94. The fourth-order valence-corrected chi connectivity index (χ4v) is 3.95. The molecule has 1 amide bonds. The van der Waals surface area contributed by atoms with Crippen LogP contribution < -0.4 is 10.6 Å². The number of halogens is 3. The Morgan fingerprint density at radius 1 is 1.27 bits per heavy atom. The number of hydrogen-bond donors (Lipinski definition) is 2. The number of benzene rings is 1. The number of carbonyl (C=O) groups is 1. The molecule has 10 heteroatoms. The quantitative estimate of drug-likeness (QED) is 0.537. The van der Waals surface area contributed by atoms with Gasteiger partial charge in [-0.05, 0) is 24.5 Å².